The smallest absolute Gasteiger partial charge is 0.247 e. The van der Waals surface area contributed by atoms with Gasteiger partial charge in [-0.15, -0.1) is 0 Å². The van der Waals surface area contributed by atoms with Crippen molar-refractivity contribution in [3.8, 4) is 28.1 Å². The Hall–Kier alpha value is -5.22. The van der Waals surface area contributed by atoms with Gasteiger partial charge in [0.1, 0.15) is 5.75 Å². The van der Waals surface area contributed by atoms with E-state index in [1.165, 1.54) is 24.4 Å². The van der Waals surface area contributed by atoms with Gasteiger partial charge in [-0.3, -0.25) is 9.78 Å². The maximum Gasteiger partial charge on any atom is 0.247 e. The number of pyridine rings is 1. The van der Waals surface area contributed by atoms with E-state index in [4.69, 9.17) is 14.7 Å². The summed E-state index contributed by atoms with van der Waals surface area (Å²) in [5.74, 6) is 1.98. The number of hydrogen-bond donors (Lipinski definition) is 2. The molecule has 0 radical (unpaired) electrons. The minimum atomic E-state index is -0.270. The average molecular weight is 627 g/mol. The molecule has 2 aromatic carbocycles. The Morgan fingerprint density at radius 2 is 1.81 bits per heavy atom. The summed E-state index contributed by atoms with van der Waals surface area (Å²) >= 11 is 0. The number of aromatic nitrogens is 4. The second kappa shape index (κ2) is 11.9. The molecule has 8 rings (SSSR count). The number of nitrogens with zero attached hydrogens (tertiary/aromatic N) is 6. The highest BCUT2D eigenvalue weighted by atomic mass is 16.5. The predicted molar refractivity (Wildman–Crippen MR) is 186 cm³/mol. The molecule has 1 amide bonds. The second-order valence-electron chi connectivity index (χ2n) is 12.9. The minimum absolute atomic E-state index is 0.270. The van der Waals surface area contributed by atoms with Gasteiger partial charge in [0.25, 0.3) is 0 Å². The van der Waals surface area contributed by atoms with Crippen molar-refractivity contribution in [2.24, 2.45) is 11.8 Å². The van der Waals surface area contributed by atoms with Gasteiger partial charge in [0.2, 0.25) is 11.9 Å². The largest absolute Gasteiger partial charge is 0.494 e. The van der Waals surface area contributed by atoms with E-state index < -0.39 is 0 Å². The number of hydrogen-bond acceptors (Lipinski definition) is 8. The standard InChI is InChI=1S/C37H38N8O2/c1-4-35(46)40-30-14-31(34(47-3)15-33(30)44-20-24-18-43(2)19-25(24)21-44)41-37-39-17-28(23-8-7-13-38-16-23)36(42-37)29-22-45(26-11-12-26)32-10-6-5-9-27(29)32/h4-10,13-17,22,24-26H,1,11-12,18-21H2,2-3H3,(H,40,46)(H,39,41,42)/t24-,25?/m1/s1. The van der Waals surface area contributed by atoms with Crippen molar-refractivity contribution in [1.82, 2.24) is 24.4 Å². The Bertz CT molecular complexity index is 1970. The lowest BCUT2D eigenvalue weighted by Gasteiger charge is -2.26. The van der Waals surface area contributed by atoms with Crippen LogP contribution in [-0.4, -0.2) is 70.7 Å². The lowest BCUT2D eigenvalue weighted by Crippen LogP contribution is -2.27. The zero-order valence-corrected chi connectivity index (χ0v) is 26.7. The lowest BCUT2D eigenvalue weighted by molar-refractivity contribution is -0.111. The first kappa shape index (κ1) is 29.2. The molecule has 5 aromatic rings. The van der Waals surface area contributed by atoms with Crippen LogP contribution in [0, 0.1) is 11.8 Å². The zero-order chi connectivity index (χ0) is 32.1. The molecular weight excluding hydrogens is 588 g/mol. The van der Waals surface area contributed by atoms with E-state index in [1.54, 1.807) is 13.3 Å². The number of carbonyl (C=O) groups is 1. The monoisotopic (exact) mass is 626 g/mol. The van der Waals surface area contributed by atoms with Crippen LogP contribution >= 0.6 is 0 Å². The van der Waals surface area contributed by atoms with E-state index in [0.29, 0.717) is 41.0 Å². The van der Waals surface area contributed by atoms with Gasteiger partial charge in [0.05, 0.1) is 29.9 Å². The van der Waals surface area contributed by atoms with Crippen molar-refractivity contribution >= 4 is 39.8 Å². The Morgan fingerprint density at radius 1 is 1.00 bits per heavy atom. The molecule has 3 aliphatic rings. The summed E-state index contributed by atoms with van der Waals surface area (Å²) < 4.78 is 8.30. The highest BCUT2D eigenvalue weighted by molar-refractivity contribution is 6.02. The number of fused-ring (bicyclic) bond motifs is 2. The number of nitrogens with one attached hydrogen (secondary N) is 2. The molecule has 3 fully saturated rings. The summed E-state index contributed by atoms with van der Waals surface area (Å²) in [6.07, 6.45) is 11.4. The molecule has 238 valence electrons. The van der Waals surface area contributed by atoms with Gasteiger partial charge in [-0.25, -0.2) is 9.97 Å². The van der Waals surface area contributed by atoms with E-state index in [1.807, 2.05) is 36.7 Å². The number of likely N-dealkylation sites (tertiary alicyclic amines) is 1. The Balaban J connectivity index is 1.21. The number of carbonyl (C=O) groups excluding carboxylic acids is 1. The van der Waals surface area contributed by atoms with Gasteiger partial charge < -0.3 is 29.7 Å². The molecular formula is C37H38N8O2. The number of methoxy groups -OCH3 is 1. The van der Waals surface area contributed by atoms with Gasteiger partial charge in [-0.2, -0.15) is 0 Å². The first-order valence-corrected chi connectivity index (χ1v) is 16.2. The summed E-state index contributed by atoms with van der Waals surface area (Å²) in [5, 5.41) is 7.61. The molecule has 2 saturated heterocycles. The topological polar surface area (TPSA) is 100 Å². The van der Waals surface area contributed by atoms with E-state index >= 15 is 0 Å². The molecule has 5 heterocycles. The summed E-state index contributed by atoms with van der Waals surface area (Å²) in [6, 6.07) is 16.9. The molecule has 2 atom stereocenters. The number of ether oxygens (including phenoxy) is 1. The SMILES string of the molecule is C=CC(=O)Nc1cc(Nc2ncc(-c3cccnc3)c(-c3cn(C4CC4)c4ccccc34)n2)c(OC)cc1N1CC2CN(C)C[C@@H]2C1. The van der Waals surface area contributed by atoms with Crippen molar-refractivity contribution in [1.29, 1.82) is 0 Å². The first-order chi connectivity index (χ1) is 23.0. The highest BCUT2D eigenvalue weighted by Gasteiger charge is 2.39. The van der Waals surface area contributed by atoms with Crippen LogP contribution in [0.15, 0.2) is 86.0 Å². The van der Waals surface area contributed by atoms with Crippen LogP contribution < -0.4 is 20.3 Å². The van der Waals surface area contributed by atoms with E-state index in [9.17, 15) is 4.79 Å². The van der Waals surface area contributed by atoms with E-state index in [0.717, 1.165) is 59.6 Å². The maximum atomic E-state index is 12.6. The molecule has 1 unspecified atom stereocenters. The van der Waals surface area contributed by atoms with Crippen LogP contribution in [0.25, 0.3) is 33.3 Å². The van der Waals surface area contributed by atoms with Gasteiger partial charge in [0, 0.05) is 90.7 Å². The van der Waals surface area contributed by atoms with Gasteiger partial charge in [-0.05, 0) is 56.0 Å². The maximum absolute atomic E-state index is 12.6. The normalized spacial score (nSPS) is 19.1. The number of anilines is 4. The zero-order valence-electron chi connectivity index (χ0n) is 26.7. The summed E-state index contributed by atoms with van der Waals surface area (Å²) in [4.78, 5) is 31.7. The molecule has 1 aliphatic carbocycles. The Morgan fingerprint density at radius 3 is 2.53 bits per heavy atom. The molecule has 47 heavy (non-hydrogen) atoms. The van der Waals surface area contributed by atoms with Crippen molar-refractivity contribution in [2.75, 3.05) is 55.9 Å². The molecule has 10 heteroatoms. The van der Waals surface area contributed by atoms with E-state index in [-0.39, 0.29) is 5.91 Å². The molecule has 2 aliphatic heterocycles. The van der Waals surface area contributed by atoms with Crippen LogP contribution in [-0.2, 0) is 4.79 Å². The number of para-hydroxylation sites is 1. The molecule has 2 N–H and O–H groups in total. The van der Waals surface area contributed by atoms with Crippen LogP contribution in [0.5, 0.6) is 5.75 Å². The molecule has 1 saturated carbocycles. The van der Waals surface area contributed by atoms with Crippen molar-refractivity contribution in [2.45, 2.75) is 18.9 Å². The third-order valence-corrected chi connectivity index (χ3v) is 9.71. The fourth-order valence-electron chi connectivity index (χ4n) is 7.35. The van der Waals surface area contributed by atoms with Crippen LogP contribution in [0.4, 0.5) is 23.0 Å². The highest BCUT2D eigenvalue weighted by Crippen LogP contribution is 2.44. The third kappa shape index (κ3) is 5.48. The van der Waals surface area contributed by atoms with Gasteiger partial charge in [0.15, 0.2) is 0 Å². The van der Waals surface area contributed by atoms with Crippen LogP contribution in [0.3, 0.4) is 0 Å². The molecule has 0 spiro atoms. The minimum Gasteiger partial charge on any atom is -0.494 e. The number of amides is 1. The van der Waals surface area contributed by atoms with Crippen LogP contribution in [0.1, 0.15) is 18.9 Å². The van der Waals surface area contributed by atoms with Gasteiger partial charge >= 0.3 is 0 Å². The number of rotatable bonds is 9. The lowest BCUT2D eigenvalue weighted by atomic mass is 10.0. The van der Waals surface area contributed by atoms with Crippen molar-refractivity contribution < 1.29 is 9.53 Å². The average Bonchev–Trinajstić information content (AvgIpc) is 3.62. The molecule has 10 nitrogen and oxygen atoms in total. The fraction of sp³-hybridized carbons (Fsp3) is 0.297. The molecule has 3 aromatic heterocycles. The van der Waals surface area contributed by atoms with E-state index in [2.05, 4.69) is 74.1 Å². The van der Waals surface area contributed by atoms with Crippen molar-refractivity contribution in [3.63, 3.8) is 0 Å². The number of benzene rings is 2. The Kier molecular flexibility index (Phi) is 7.37. The summed E-state index contributed by atoms with van der Waals surface area (Å²) in [5.41, 5.74) is 7.16. The first-order valence-electron chi connectivity index (χ1n) is 16.2. The second-order valence-corrected chi connectivity index (χ2v) is 12.9. The van der Waals surface area contributed by atoms with Crippen molar-refractivity contribution in [3.05, 3.63) is 86.0 Å². The Labute approximate surface area is 274 Å². The quantitative estimate of drug-likeness (QED) is 0.182. The fourth-order valence-corrected chi connectivity index (χ4v) is 7.35. The van der Waals surface area contributed by atoms with Gasteiger partial charge in [-0.1, -0.05) is 30.8 Å². The van der Waals surface area contributed by atoms with Crippen LogP contribution in [0.2, 0.25) is 0 Å². The summed E-state index contributed by atoms with van der Waals surface area (Å²) in [6.45, 7) is 7.70. The molecule has 0 bridgehead atoms. The third-order valence-electron chi connectivity index (χ3n) is 9.71. The summed E-state index contributed by atoms with van der Waals surface area (Å²) in [7, 11) is 3.84. The predicted octanol–water partition coefficient (Wildman–Crippen LogP) is 6.37.